The molecule has 2 aromatic heterocycles. The van der Waals surface area contributed by atoms with E-state index in [4.69, 9.17) is 8.94 Å². The van der Waals surface area contributed by atoms with Gasteiger partial charge in [0.15, 0.2) is 23.0 Å². The van der Waals surface area contributed by atoms with Crippen molar-refractivity contribution < 1.29 is 29.1 Å². The number of rotatable bonds is 5. The summed E-state index contributed by atoms with van der Waals surface area (Å²) in [7, 11) is 0. The van der Waals surface area contributed by atoms with Crippen molar-refractivity contribution in [3.05, 3.63) is 41.7 Å². The quantitative estimate of drug-likeness (QED) is 0.481. The number of aliphatic hydroxyl groups is 1. The Hall–Kier alpha value is -3.40. The number of aromatic nitrogens is 3. The maximum absolute atomic E-state index is 12.3. The van der Waals surface area contributed by atoms with Crippen LogP contribution < -0.4 is 5.32 Å². The number of carbonyl (C=O) groups excluding carboxylic acids is 1. The van der Waals surface area contributed by atoms with Crippen LogP contribution in [0.4, 0.5) is 0 Å². The van der Waals surface area contributed by atoms with E-state index in [-0.39, 0.29) is 41.0 Å². The topological polar surface area (TPSA) is 155 Å². The van der Waals surface area contributed by atoms with E-state index in [1.165, 1.54) is 18.2 Å². The molecule has 0 unspecified atom stereocenters. The summed E-state index contributed by atoms with van der Waals surface area (Å²) in [4.78, 5) is 12.3. The maximum atomic E-state index is 12.3. The van der Waals surface area contributed by atoms with Crippen LogP contribution in [-0.2, 0) is 0 Å². The summed E-state index contributed by atoms with van der Waals surface area (Å²) in [5, 5.41) is 42.7. The van der Waals surface area contributed by atoms with Crippen molar-refractivity contribution >= 4 is 5.91 Å². The fourth-order valence-electron chi connectivity index (χ4n) is 2.97. The lowest BCUT2D eigenvalue weighted by atomic mass is 9.80. The maximum Gasteiger partial charge on any atom is 0.273 e. The summed E-state index contributed by atoms with van der Waals surface area (Å²) in [6.07, 6.45) is 0.474. The summed E-state index contributed by atoms with van der Waals surface area (Å²) in [5.74, 6) is 0.0520. The molecular formula is C18H18N4O6. The summed E-state index contributed by atoms with van der Waals surface area (Å²) >= 11 is 0. The highest BCUT2D eigenvalue weighted by molar-refractivity contribution is 5.93. The minimum absolute atomic E-state index is 0.0399. The molecule has 3 aromatic rings. The van der Waals surface area contributed by atoms with Gasteiger partial charge in [-0.3, -0.25) is 4.79 Å². The first-order valence-electron chi connectivity index (χ1n) is 8.72. The second kappa shape index (κ2) is 6.97. The molecule has 10 nitrogen and oxygen atoms in total. The zero-order valence-corrected chi connectivity index (χ0v) is 14.9. The number of amides is 1. The van der Waals surface area contributed by atoms with Crippen LogP contribution in [0.3, 0.4) is 0 Å². The molecular weight excluding hydrogens is 368 g/mol. The van der Waals surface area contributed by atoms with Gasteiger partial charge in [0.1, 0.15) is 6.10 Å². The summed E-state index contributed by atoms with van der Waals surface area (Å²) in [6.45, 7) is 1.55. The van der Waals surface area contributed by atoms with Crippen molar-refractivity contribution in [2.45, 2.75) is 37.8 Å². The molecule has 0 spiro atoms. The van der Waals surface area contributed by atoms with E-state index in [0.717, 1.165) is 0 Å². The van der Waals surface area contributed by atoms with Gasteiger partial charge in [-0.15, -0.1) is 10.2 Å². The van der Waals surface area contributed by atoms with Crippen molar-refractivity contribution in [3.8, 4) is 22.8 Å². The van der Waals surface area contributed by atoms with Crippen molar-refractivity contribution in [3.63, 3.8) is 0 Å². The van der Waals surface area contributed by atoms with Crippen LogP contribution in [0.5, 0.6) is 11.5 Å². The molecule has 2 heterocycles. The molecule has 4 N–H and O–H groups in total. The summed E-state index contributed by atoms with van der Waals surface area (Å²) in [5.41, 5.74) is 0.594. The van der Waals surface area contributed by atoms with Crippen molar-refractivity contribution in [2.24, 2.45) is 0 Å². The van der Waals surface area contributed by atoms with Crippen LogP contribution in [0.1, 0.15) is 54.1 Å². The Balaban J connectivity index is 1.35. The largest absolute Gasteiger partial charge is 0.504 e. The van der Waals surface area contributed by atoms with Crippen molar-refractivity contribution in [2.75, 3.05) is 0 Å². The molecule has 4 rings (SSSR count). The highest BCUT2D eigenvalue weighted by atomic mass is 16.5. The number of hydrogen-bond donors (Lipinski definition) is 4. The van der Waals surface area contributed by atoms with Gasteiger partial charge in [0, 0.05) is 23.6 Å². The first-order valence-corrected chi connectivity index (χ1v) is 8.72. The van der Waals surface area contributed by atoms with E-state index in [0.29, 0.717) is 30.1 Å². The molecule has 10 heteroatoms. The third-order valence-electron chi connectivity index (χ3n) is 4.64. The van der Waals surface area contributed by atoms with Gasteiger partial charge in [-0.25, -0.2) is 0 Å². The molecule has 1 amide bonds. The Morgan fingerprint density at radius 3 is 2.68 bits per heavy atom. The number of aromatic hydroxyl groups is 2. The molecule has 1 aromatic carbocycles. The van der Waals surface area contributed by atoms with Crippen molar-refractivity contribution in [1.82, 2.24) is 20.7 Å². The van der Waals surface area contributed by atoms with Gasteiger partial charge in [0.2, 0.25) is 11.8 Å². The van der Waals surface area contributed by atoms with E-state index < -0.39 is 6.10 Å². The number of benzene rings is 1. The van der Waals surface area contributed by atoms with E-state index in [1.54, 1.807) is 13.0 Å². The van der Waals surface area contributed by atoms with Crippen LogP contribution in [0, 0.1) is 0 Å². The highest BCUT2D eigenvalue weighted by Gasteiger charge is 2.36. The van der Waals surface area contributed by atoms with E-state index >= 15 is 0 Å². The Morgan fingerprint density at radius 1 is 1.21 bits per heavy atom. The zero-order chi connectivity index (χ0) is 19.8. The number of nitrogens with zero attached hydrogens (tertiary/aromatic N) is 3. The normalized spacial score (nSPS) is 19.8. The fraction of sp³-hybridized carbons (Fsp3) is 0.333. The molecule has 1 aliphatic carbocycles. The van der Waals surface area contributed by atoms with Gasteiger partial charge in [0.05, 0.1) is 0 Å². The van der Waals surface area contributed by atoms with Crippen LogP contribution >= 0.6 is 0 Å². The van der Waals surface area contributed by atoms with E-state index in [9.17, 15) is 20.1 Å². The van der Waals surface area contributed by atoms with Gasteiger partial charge in [-0.2, -0.15) is 0 Å². The Kier molecular flexibility index (Phi) is 4.47. The molecule has 0 radical (unpaired) electrons. The number of phenols is 2. The SMILES string of the molecule is C[C@@H](O)c1nnc([C@H]2C[C@@H](NC(=O)c3cc(-c4ccc(O)c(O)c4)on3)C2)o1. The molecule has 28 heavy (non-hydrogen) atoms. The zero-order valence-electron chi connectivity index (χ0n) is 14.9. The highest BCUT2D eigenvalue weighted by Crippen LogP contribution is 2.37. The van der Waals surface area contributed by atoms with E-state index in [1.807, 2.05) is 0 Å². The standard InChI is InChI=1S/C18H18N4O6/c1-8(23)17-20-21-18(27-17)10-4-11(5-10)19-16(26)12-7-15(28-22-12)9-2-3-13(24)14(25)6-9/h2-3,6-8,10-11,23-25H,4-5H2,1H3,(H,19,26)/t8-,10-,11+/m1/s1. The van der Waals surface area contributed by atoms with Gasteiger partial charge in [-0.05, 0) is 38.0 Å². The molecule has 0 saturated heterocycles. The fourth-order valence-corrected chi connectivity index (χ4v) is 2.97. The molecule has 1 aliphatic rings. The molecule has 0 bridgehead atoms. The van der Waals surface area contributed by atoms with Crippen LogP contribution in [0.15, 0.2) is 33.2 Å². The minimum atomic E-state index is -0.811. The monoisotopic (exact) mass is 386 g/mol. The Morgan fingerprint density at radius 2 is 2.00 bits per heavy atom. The number of hydrogen-bond acceptors (Lipinski definition) is 9. The minimum Gasteiger partial charge on any atom is -0.504 e. The number of phenolic OH excluding ortho intramolecular Hbond substituents is 2. The summed E-state index contributed by atoms with van der Waals surface area (Å²) < 4.78 is 10.6. The average molecular weight is 386 g/mol. The van der Waals surface area contributed by atoms with Crippen molar-refractivity contribution in [1.29, 1.82) is 0 Å². The first kappa shape index (κ1) is 18.0. The molecule has 0 aliphatic heterocycles. The van der Waals surface area contributed by atoms with Gasteiger partial charge < -0.3 is 29.6 Å². The number of carbonyl (C=O) groups is 1. The lowest BCUT2D eigenvalue weighted by Crippen LogP contribution is -2.43. The predicted molar refractivity (Wildman–Crippen MR) is 93.4 cm³/mol. The Labute approximate surface area is 158 Å². The molecule has 146 valence electrons. The van der Waals surface area contributed by atoms with E-state index in [2.05, 4.69) is 20.7 Å². The van der Waals surface area contributed by atoms with Gasteiger partial charge >= 0.3 is 0 Å². The first-order chi connectivity index (χ1) is 13.4. The third kappa shape index (κ3) is 3.41. The molecule has 1 fully saturated rings. The average Bonchev–Trinajstić information content (AvgIpc) is 3.29. The second-order valence-corrected chi connectivity index (χ2v) is 6.77. The Bertz CT molecular complexity index is 1010. The second-order valence-electron chi connectivity index (χ2n) is 6.77. The number of aliphatic hydroxyl groups excluding tert-OH is 1. The lowest BCUT2D eigenvalue weighted by molar-refractivity contribution is 0.0892. The lowest BCUT2D eigenvalue weighted by Gasteiger charge is -2.33. The predicted octanol–water partition coefficient (Wildman–Crippen LogP) is 1.87. The number of nitrogens with one attached hydrogen (secondary N) is 1. The third-order valence-corrected chi connectivity index (χ3v) is 4.64. The van der Waals surface area contributed by atoms with Gasteiger partial charge in [-0.1, -0.05) is 5.16 Å². The molecule has 1 atom stereocenters. The molecule has 1 saturated carbocycles. The smallest absolute Gasteiger partial charge is 0.273 e. The van der Waals surface area contributed by atoms with Crippen LogP contribution in [0.2, 0.25) is 0 Å². The summed E-state index contributed by atoms with van der Waals surface area (Å²) in [6, 6.07) is 5.59. The van der Waals surface area contributed by atoms with Gasteiger partial charge in [0.25, 0.3) is 5.91 Å². The van der Waals surface area contributed by atoms with Crippen LogP contribution in [-0.4, -0.2) is 42.6 Å². The van der Waals surface area contributed by atoms with Crippen LogP contribution in [0.25, 0.3) is 11.3 Å².